The Labute approximate surface area is 98.7 Å². The topological polar surface area (TPSA) is 25.8 Å². The Balaban J connectivity index is 2.63. The van der Waals surface area contributed by atoms with Crippen molar-refractivity contribution in [3.05, 3.63) is 22.5 Å². The van der Waals surface area contributed by atoms with Crippen molar-refractivity contribution in [3.8, 4) is 0 Å². The van der Waals surface area contributed by atoms with Gasteiger partial charge >= 0.3 is 0 Å². The first kappa shape index (κ1) is 12.7. The van der Waals surface area contributed by atoms with Gasteiger partial charge in [-0.25, -0.2) is 14.4 Å². The van der Waals surface area contributed by atoms with Crippen molar-refractivity contribution in [2.75, 3.05) is 5.75 Å². The number of hydrogen-bond donors (Lipinski definition) is 0. The lowest BCUT2D eigenvalue weighted by molar-refractivity contribution is 0.598. The molecule has 2 nitrogen and oxygen atoms in total. The molecule has 0 aromatic carbocycles. The molecule has 1 aromatic rings. The minimum absolute atomic E-state index is 0.0809. The monoisotopic (exact) mass is 248 g/mol. The van der Waals surface area contributed by atoms with Crippen molar-refractivity contribution in [3.63, 3.8) is 0 Å². The van der Waals surface area contributed by atoms with Gasteiger partial charge in [0.15, 0.2) is 11.0 Å². The number of thioether (sulfide) groups is 1. The Morgan fingerprint density at radius 2 is 2.07 bits per heavy atom. The average molecular weight is 249 g/mol. The molecule has 0 aliphatic heterocycles. The zero-order chi connectivity index (χ0) is 11.4. The average Bonchev–Trinajstić information content (AvgIpc) is 2.13. The van der Waals surface area contributed by atoms with Gasteiger partial charge < -0.3 is 0 Å². The largest absolute Gasteiger partial charge is 0.234 e. The van der Waals surface area contributed by atoms with Crippen LogP contribution in [0.1, 0.15) is 25.4 Å². The van der Waals surface area contributed by atoms with E-state index in [1.165, 1.54) is 0 Å². The molecular formula is C10H14ClFN2S. The molecule has 0 unspecified atom stereocenters. The summed E-state index contributed by atoms with van der Waals surface area (Å²) in [6, 6.07) is 0. The van der Waals surface area contributed by atoms with E-state index in [4.69, 9.17) is 11.6 Å². The maximum absolute atomic E-state index is 13.1. The lowest BCUT2D eigenvalue weighted by Gasteiger charge is -2.05. The normalized spacial score (nSPS) is 11.1. The molecule has 0 aliphatic carbocycles. The quantitative estimate of drug-likeness (QED) is 0.763. The van der Waals surface area contributed by atoms with E-state index >= 15 is 0 Å². The highest BCUT2D eigenvalue weighted by molar-refractivity contribution is 7.98. The van der Waals surface area contributed by atoms with E-state index in [1.54, 1.807) is 18.7 Å². The van der Waals surface area contributed by atoms with Crippen LogP contribution in [0.25, 0.3) is 0 Å². The second-order valence-corrected chi connectivity index (χ2v) is 5.13. The third kappa shape index (κ3) is 3.95. The van der Waals surface area contributed by atoms with Gasteiger partial charge in [0.2, 0.25) is 0 Å². The van der Waals surface area contributed by atoms with E-state index in [2.05, 4.69) is 23.8 Å². The third-order valence-electron chi connectivity index (χ3n) is 1.71. The molecule has 0 aliphatic rings. The number of aromatic nitrogens is 2. The van der Waals surface area contributed by atoms with Crippen LogP contribution in [0.3, 0.4) is 0 Å². The van der Waals surface area contributed by atoms with Gasteiger partial charge in [0.25, 0.3) is 0 Å². The van der Waals surface area contributed by atoms with Gasteiger partial charge in [-0.15, -0.1) is 0 Å². The zero-order valence-electron chi connectivity index (χ0n) is 9.05. The highest BCUT2D eigenvalue weighted by atomic mass is 35.5. The van der Waals surface area contributed by atoms with Crippen LogP contribution >= 0.6 is 23.4 Å². The SMILES string of the molecule is Cc1nc(CSCC(C)C)nc(Cl)c1F. The maximum atomic E-state index is 13.1. The van der Waals surface area contributed by atoms with Crippen molar-refractivity contribution in [2.45, 2.75) is 26.5 Å². The van der Waals surface area contributed by atoms with Crippen molar-refractivity contribution < 1.29 is 4.39 Å². The maximum Gasteiger partial charge on any atom is 0.181 e. The van der Waals surface area contributed by atoms with E-state index < -0.39 is 5.82 Å². The summed E-state index contributed by atoms with van der Waals surface area (Å²) in [4.78, 5) is 7.93. The van der Waals surface area contributed by atoms with Gasteiger partial charge in [-0.3, -0.25) is 0 Å². The van der Waals surface area contributed by atoms with Crippen LogP contribution in [0.5, 0.6) is 0 Å². The molecule has 0 fully saturated rings. The van der Waals surface area contributed by atoms with Crippen LogP contribution in [-0.4, -0.2) is 15.7 Å². The van der Waals surface area contributed by atoms with Gasteiger partial charge in [-0.2, -0.15) is 11.8 Å². The number of halogens is 2. The Morgan fingerprint density at radius 3 is 2.60 bits per heavy atom. The Morgan fingerprint density at radius 1 is 1.40 bits per heavy atom. The second kappa shape index (κ2) is 5.66. The third-order valence-corrected chi connectivity index (χ3v) is 3.32. The summed E-state index contributed by atoms with van der Waals surface area (Å²) in [5.41, 5.74) is 0.315. The molecule has 5 heteroatoms. The molecule has 1 aromatic heterocycles. The minimum Gasteiger partial charge on any atom is -0.234 e. The van der Waals surface area contributed by atoms with Crippen LogP contribution in [-0.2, 0) is 5.75 Å². The summed E-state index contributed by atoms with van der Waals surface area (Å²) in [6.45, 7) is 5.90. The van der Waals surface area contributed by atoms with Gasteiger partial charge in [0.1, 0.15) is 5.82 Å². The first-order valence-corrected chi connectivity index (χ1v) is 6.30. The van der Waals surface area contributed by atoms with E-state index in [-0.39, 0.29) is 5.15 Å². The smallest absolute Gasteiger partial charge is 0.181 e. The van der Waals surface area contributed by atoms with Gasteiger partial charge in [-0.05, 0) is 18.6 Å². The van der Waals surface area contributed by atoms with Crippen molar-refractivity contribution in [1.29, 1.82) is 0 Å². The fraction of sp³-hybridized carbons (Fsp3) is 0.600. The van der Waals surface area contributed by atoms with E-state index in [0.717, 1.165) is 5.75 Å². The van der Waals surface area contributed by atoms with Crippen LogP contribution < -0.4 is 0 Å². The summed E-state index contributed by atoms with van der Waals surface area (Å²) in [5.74, 6) is 2.43. The van der Waals surface area contributed by atoms with Crippen LogP contribution in [0.15, 0.2) is 0 Å². The molecular weight excluding hydrogens is 235 g/mol. The predicted molar refractivity (Wildman–Crippen MR) is 62.7 cm³/mol. The van der Waals surface area contributed by atoms with Crippen molar-refractivity contribution in [2.24, 2.45) is 5.92 Å². The molecule has 0 atom stereocenters. The summed E-state index contributed by atoms with van der Waals surface area (Å²) in [5, 5.41) is -0.0809. The lowest BCUT2D eigenvalue weighted by atomic mass is 10.3. The molecule has 0 bridgehead atoms. The Bertz CT molecular complexity index is 321. The predicted octanol–water partition coefficient (Wildman–Crippen LogP) is 3.47. The number of hydrogen-bond acceptors (Lipinski definition) is 3. The van der Waals surface area contributed by atoms with E-state index in [1.807, 2.05) is 0 Å². The standard InChI is InChI=1S/C10H14ClFN2S/c1-6(2)4-15-5-8-13-7(3)9(12)10(11)14-8/h6H,4-5H2,1-3H3. The molecule has 1 rings (SSSR count). The second-order valence-electron chi connectivity index (χ2n) is 3.74. The highest BCUT2D eigenvalue weighted by Gasteiger charge is 2.09. The Kier molecular flexibility index (Phi) is 4.80. The molecule has 84 valence electrons. The summed E-state index contributed by atoms with van der Waals surface area (Å²) < 4.78 is 13.1. The fourth-order valence-electron chi connectivity index (χ4n) is 1.03. The zero-order valence-corrected chi connectivity index (χ0v) is 10.6. The van der Waals surface area contributed by atoms with Gasteiger partial charge in [0.05, 0.1) is 11.4 Å². The first-order valence-electron chi connectivity index (χ1n) is 4.77. The number of nitrogens with zero attached hydrogens (tertiary/aromatic N) is 2. The van der Waals surface area contributed by atoms with Crippen molar-refractivity contribution in [1.82, 2.24) is 9.97 Å². The highest BCUT2D eigenvalue weighted by Crippen LogP contribution is 2.17. The number of rotatable bonds is 4. The van der Waals surface area contributed by atoms with Crippen molar-refractivity contribution >= 4 is 23.4 Å². The van der Waals surface area contributed by atoms with Gasteiger partial charge in [-0.1, -0.05) is 25.4 Å². The molecule has 1 heterocycles. The fourth-order valence-corrected chi connectivity index (χ4v) is 2.17. The van der Waals surface area contributed by atoms with E-state index in [9.17, 15) is 4.39 Å². The lowest BCUT2D eigenvalue weighted by Crippen LogP contribution is -2.01. The van der Waals surface area contributed by atoms with Crippen LogP contribution in [0, 0.1) is 18.7 Å². The molecule has 0 saturated heterocycles. The molecule has 15 heavy (non-hydrogen) atoms. The van der Waals surface area contributed by atoms with Gasteiger partial charge in [0, 0.05) is 0 Å². The molecule has 0 amide bonds. The molecule has 0 radical (unpaired) electrons. The van der Waals surface area contributed by atoms with Crippen LogP contribution in [0.2, 0.25) is 5.15 Å². The molecule has 0 N–H and O–H groups in total. The Hall–Kier alpha value is -0.350. The summed E-state index contributed by atoms with van der Waals surface area (Å²) >= 11 is 7.36. The van der Waals surface area contributed by atoms with Crippen LogP contribution in [0.4, 0.5) is 4.39 Å². The minimum atomic E-state index is -0.519. The van der Waals surface area contributed by atoms with E-state index in [0.29, 0.717) is 23.2 Å². The molecule has 0 saturated carbocycles. The molecule has 0 spiro atoms. The number of aryl methyl sites for hydroxylation is 1. The summed E-state index contributed by atoms with van der Waals surface area (Å²) in [6.07, 6.45) is 0. The first-order chi connectivity index (χ1) is 7.00. The summed E-state index contributed by atoms with van der Waals surface area (Å²) in [7, 11) is 0.